The molecule has 0 amide bonds. The first-order valence-corrected chi connectivity index (χ1v) is 8.35. The normalized spacial score (nSPS) is 34.2. The predicted molar refractivity (Wildman–Crippen MR) is 44.8 cm³/mol. The van der Waals surface area contributed by atoms with Crippen LogP contribution in [0.5, 0.6) is 0 Å². The quantitative estimate of drug-likeness (QED) is 0.492. The van der Waals surface area contributed by atoms with Crippen LogP contribution in [0.4, 0.5) is 0 Å². The van der Waals surface area contributed by atoms with Gasteiger partial charge in [0, 0.05) is 21.9 Å². The minimum Gasteiger partial charge on any atom is -0.260 e. The molecule has 0 spiro atoms. The van der Waals surface area contributed by atoms with Crippen LogP contribution in [0.1, 0.15) is 6.42 Å². The molecule has 0 saturated carbocycles. The molecule has 1 heterocycles. The average Bonchev–Trinajstić information content (AvgIpc) is 1.60. The van der Waals surface area contributed by atoms with E-state index in [1.54, 1.807) is 0 Å². The van der Waals surface area contributed by atoms with Gasteiger partial charge in [-0.2, -0.15) is 0 Å². The maximum atomic E-state index is 11.0. The second-order valence-corrected chi connectivity index (χ2v) is 10.8. The molecule has 0 bridgehead atoms. The lowest BCUT2D eigenvalue weighted by atomic mass is 10.6. The Morgan fingerprint density at radius 1 is 1.44 bits per heavy atom. The summed E-state index contributed by atoms with van der Waals surface area (Å²) < 4.78 is 11.0. The van der Waals surface area contributed by atoms with E-state index >= 15 is 0 Å². The Morgan fingerprint density at radius 3 is 2.44 bits per heavy atom. The van der Waals surface area contributed by atoms with Crippen molar-refractivity contribution < 1.29 is 4.21 Å². The first-order chi connectivity index (χ1) is 4.10. The number of hydrogen-bond donors (Lipinski definition) is 0. The van der Waals surface area contributed by atoms with E-state index in [-0.39, 0.29) is 0 Å². The molecule has 0 aromatic rings. The number of hydrogen-bond acceptors (Lipinski definition) is 1. The molecular formula is C6H14OSSi. The molecule has 0 aliphatic carbocycles. The van der Waals surface area contributed by atoms with E-state index in [1.807, 2.05) is 0 Å². The van der Waals surface area contributed by atoms with Gasteiger partial charge in [0.1, 0.15) is 0 Å². The van der Waals surface area contributed by atoms with Crippen LogP contribution in [-0.4, -0.2) is 23.4 Å². The molecule has 1 atom stereocenters. The zero-order valence-corrected chi connectivity index (χ0v) is 7.96. The highest BCUT2D eigenvalue weighted by Gasteiger charge is 2.27. The van der Waals surface area contributed by atoms with E-state index in [9.17, 15) is 4.21 Å². The highest BCUT2D eigenvalue weighted by Crippen LogP contribution is 2.18. The van der Waals surface area contributed by atoms with Crippen molar-refractivity contribution in [2.24, 2.45) is 0 Å². The molecule has 9 heavy (non-hydrogen) atoms. The Labute approximate surface area is 60.3 Å². The van der Waals surface area contributed by atoms with Gasteiger partial charge in [-0.25, -0.2) is 0 Å². The van der Waals surface area contributed by atoms with Crippen LogP contribution in [0, 0.1) is 0 Å². The Morgan fingerprint density at radius 2 is 2.11 bits per heavy atom. The van der Waals surface area contributed by atoms with Gasteiger partial charge in [0.25, 0.3) is 0 Å². The Balaban J connectivity index is 2.51. The van der Waals surface area contributed by atoms with E-state index in [4.69, 9.17) is 0 Å². The molecule has 1 aliphatic rings. The first-order valence-electron chi connectivity index (χ1n) is 3.45. The molecule has 1 fully saturated rings. The van der Waals surface area contributed by atoms with Gasteiger partial charge in [0.15, 0.2) is 0 Å². The van der Waals surface area contributed by atoms with Crippen LogP contribution in [0.3, 0.4) is 0 Å². The van der Waals surface area contributed by atoms with Crippen molar-refractivity contribution in [2.45, 2.75) is 25.6 Å². The van der Waals surface area contributed by atoms with Gasteiger partial charge in [-0.3, -0.25) is 4.21 Å². The van der Waals surface area contributed by atoms with Crippen molar-refractivity contribution in [1.29, 1.82) is 0 Å². The maximum Gasteiger partial charge on any atom is 0.0612 e. The second kappa shape index (κ2) is 2.54. The van der Waals surface area contributed by atoms with E-state index in [0.717, 1.165) is 11.1 Å². The Kier molecular flexibility index (Phi) is 2.11. The lowest BCUT2D eigenvalue weighted by molar-refractivity contribution is 0.682. The highest BCUT2D eigenvalue weighted by atomic mass is 32.2. The molecular weight excluding hydrogens is 148 g/mol. The van der Waals surface area contributed by atoms with E-state index in [1.165, 1.54) is 12.5 Å². The second-order valence-electron chi connectivity index (χ2n) is 3.56. The summed E-state index contributed by atoms with van der Waals surface area (Å²) in [5.74, 6) is 0.969. The van der Waals surface area contributed by atoms with Gasteiger partial charge >= 0.3 is 0 Å². The minimum atomic E-state index is -0.954. The Hall–Kier alpha value is 0.367. The molecule has 0 aromatic carbocycles. The summed E-state index contributed by atoms with van der Waals surface area (Å²) in [6.07, 6.45) is 1.21. The van der Waals surface area contributed by atoms with Crippen LogP contribution in [0.25, 0.3) is 0 Å². The predicted octanol–water partition coefficient (Wildman–Crippen LogP) is 1.39. The molecule has 54 valence electrons. The SMILES string of the molecule is C[Si]1(C)CCCS(=O)C1. The fourth-order valence-electron chi connectivity index (χ4n) is 1.29. The van der Waals surface area contributed by atoms with Gasteiger partial charge in [-0.05, 0) is 6.42 Å². The minimum absolute atomic E-state index is 0.448. The summed E-state index contributed by atoms with van der Waals surface area (Å²) in [5.41, 5.74) is 0. The third-order valence-electron chi connectivity index (χ3n) is 1.78. The monoisotopic (exact) mass is 162 g/mol. The van der Waals surface area contributed by atoms with Crippen LogP contribution in [-0.2, 0) is 10.8 Å². The number of rotatable bonds is 0. The van der Waals surface area contributed by atoms with Crippen LogP contribution < -0.4 is 0 Å². The van der Waals surface area contributed by atoms with Crippen molar-refractivity contribution >= 4 is 18.9 Å². The third kappa shape index (κ3) is 2.22. The zero-order valence-electron chi connectivity index (χ0n) is 6.14. The molecule has 0 radical (unpaired) electrons. The summed E-state index contributed by atoms with van der Waals surface area (Å²) in [4.78, 5) is 0. The standard InChI is InChI=1S/C6H14OSSi/c1-9(2)5-3-4-8(7)6-9/h3-6H2,1-2H3. The van der Waals surface area contributed by atoms with Crippen LogP contribution in [0.15, 0.2) is 0 Å². The summed E-state index contributed by atoms with van der Waals surface area (Å²) in [6, 6.07) is 1.39. The van der Waals surface area contributed by atoms with Gasteiger partial charge < -0.3 is 0 Å². The van der Waals surface area contributed by atoms with Crippen molar-refractivity contribution in [3.8, 4) is 0 Å². The van der Waals surface area contributed by atoms with E-state index in [2.05, 4.69) is 13.1 Å². The summed E-state index contributed by atoms with van der Waals surface area (Å²) in [6.45, 7) is 4.67. The summed E-state index contributed by atoms with van der Waals surface area (Å²) >= 11 is 0. The van der Waals surface area contributed by atoms with Crippen LogP contribution >= 0.6 is 0 Å². The lowest BCUT2D eigenvalue weighted by Gasteiger charge is -2.25. The average molecular weight is 162 g/mol. The zero-order chi connectivity index (χ0) is 6.91. The van der Waals surface area contributed by atoms with E-state index in [0.29, 0.717) is 0 Å². The summed E-state index contributed by atoms with van der Waals surface area (Å²) in [7, 11) is -1.40. The van der Waals surface area contributed by atoms with Crippen molar-refractivity contribution in [3.63, 3.8) is 0 Å². The molecule has 0 aromatic heterocycles. The maximum absolute atomic E-state index is 11.0. The van der Waals surface area contributed by atoms with Crippen molar-refractivity contribution in [1.82, 2.24) is 0 Å². The molecule has 1 saturated heterocycles. The molecule has 1 aliphatic heterocycles. The molecule has 1 nitrogen and oxygen atoms in total. The van der Waals surface area contributed by atoms with Gasteiger partial charge in [0.05, 0.1) is 8.07 Å². The largest absolute Gasteiger partial charge is 0.260 e. The highest BCUT2D eigenvalue weighted by molar-refractivity contribution is 7.87. The molecule has 1 unspecified atom stereocenters. The molecule has 3 heteroatoms. The smallest absolute Gasteiger partial charge is 0.0612 e. The third-order valence-corrected chi connectivity index (χ3v) is 8.64. The summed E-state index contributed by atoms with van der Waals surface area (Å²) in [5, 5.41) is 1.05. The van der Waals surface area contributed by atoms with Crippen LogP contribution in [0.2, 0.25) is 19.1 Å². The fourth-order valence-corrected chi connectivity index (χ4v) is 7.79. The van der Waals surface area contributed by atoms with Crippen molar-refractivity contribution in [2.75, 3.05) is 11.1 Å². The Bertz CT molecular complexity index is 133. The van der Waals surface area contributed by atoms with Gasteiger partial charge in [0.2, 0.25) is 0 Å². The van der Waals surface area contributed by atoms with E-state index < -0.39 is 18.9 Å². The topological polar surface area (TPSA) is 17.1 Å². The van der Waals surface area contributed by atoms with Gasteiger partial charge in [-0.1, -0.05) is 19.1 Å². The fraction of sp³-hybridized carbons (Fsp3) is 1.00. The van der Waals surface area contributed by atoms with Gasteiger partial charge in [-0.15, -0.1) is 0 Å². The molecule has 1 rings (SSSR count). The van der Waals surface area contributed by atoms with Crippen molar-refractivity contribution in [3.05, 3.63) is 0 Å². The lowest BCUT2D eigenvalue weighted by Crippen LogP contribution is -2.38. The molecule has 0 N–H and O–H groups in total. The first kappa shape index (κ1) is 7.47.